The lowest BCUT2D eigenvalue weighted by Crippen LogP contribution is -2.36. The summed E-state index contributed by atoms with van der Waals surface area (Å²) in [5, 5.41) is 9.41. The number of halogens is 1. The van der Waals surface area contributed by atoms with Crippen LogP contribution in [0.15, 0.2) is 42.9 Å². The lowest BCUT2D eigenvalue weighted by Gasteiger charge is -2.31. The maximum absolute atomic E-state index is 6.41. The van der Waals surface area contributed by atoms with Crippen LogP contribution in [0.1, 0.15) is 24.6 Å². The molecule has 0 radical (unpaired) electrons. The van der Waals surface area contributed by atoms with Crippen LogP contribution in [0, 0.1) is 0 Å². The van der Waals surface area contributed by atoms with E-state index in [4.69, 9.17) is 17.3 Å². The van der Waals surface area contributed by atoms with E-state index in [0.29, 0.717) is 22.5 Å². The summed E-state index contributed by atoms with van der Waals surface area (Å²) in [5.41, 5.74) is 7.50. The lowest BCUT2D eigenvalue weighted by atomic mass is 9.80. The third-order valence-electron chi connectivity index (χ3n) is 4.13. The molecule has 4 rings (SSSR count). The topological polar surface area (TPSA) is 82.5 Å². The molecule has 0 amide bonds. The van der Waals surface area contributed by atoms with Crippen LogP contribution in [0.3, 0.4) is 0 Å². The summed E-state index contributed by atoms with van der Waals surface area (Å²) in [5.74, 6) is 1.84. The Bertz CT molecular complexity index is 826. The van der Waals surface area contributed by atoms with E-state index in [-0.39, 0.29) is 6.04 Å². The van der Waals surface area contributed by atoms with Crippen molar-refractivity contribution < 1.29 is 0 Å². The Kier molecular flexibility index (Phi) is 3.55. The molecule has 1 aliphatic rings. The Labute approximate surface area is 138 Å². The van der Waals surface area contributed by atoms with Crippen LogP contribution in [-0.4, -0.2) is 30.8 Å². The van der Waals surface area contributed by atoms with Gasteiger partial charge in [0.05, 0.1) is 10.7 Å². The highest BCUT2D eigenvalue weighted by Crippen LogP contribution is 2.38. The van der Waals surface area contributed by atoms with Crippen molar-refractivity contribution in [2.45, 2.75) is 24.8 Å². The van der Waals surface area contributed by atoms with Crippen LogP contribution >= 0.6 is 11.6 Å². The van der Waals surface area contributed by atoms with Gasteiger partial charge >= 0.3 is 0 Å². The molecule has 0 spiro atoms. The zero-order chi connectivity index (χ0) is 15.8. The molecule has 23 heavy (non-hydrogen) atoms. The fraction of sp³-hybridized carbons (Fsp3) is 0.250. The summed E-state index contributed by atoms with van der Waals surface area (Å²) in [6.07, 6.45) is 5.01. The van der Waals surface area contributed by atoms with Crippen molar-refractivity contribution in [3.63, 3.8) is 0 Å². The van der Waals surface area contributed by atoms with Crippen LogP contribution in [0.5, 0.6) is 0 Å². The molecule has 7 heteroatoms. The van der Waals surface area contributed by atoms with Crippen LogP contribution < -0.4 is 5.73 Å². The molecule has 3 aromatic rings. The summed E-state index contributed by atoms with van der Waals surface area (Å²) in [4.78, 5) is 8.25. The molecule has 0 saturated heterocycles. The summed E-state index contributed by atoms with van der Waals surface area (Å²) in [6, 6.07) is 9.71. The fourth-order valence-electron chi connectivity index (χ4n) is 2.89. The maximum Gasteiger partial charge on any atom is 0.187 e. The zero-order valence-corrected chi connectivity index (χ0v) is 13.1. The van der Waals surface area contributed by atoms with E-state index < -0.39 is 0 Å². The highest BCUT2D eigenvalue weighted by molar-refractivity contribution is 6.32. The third kappa shape index (κ3) is 2.50. The second-order valence-electron chi connectivity index (χ2n) is 5.69. The van der Waals surface area contributed by atoms with Gasteiger partial charge in [-0.25, -0.2) is 9.97 Å². The minimum atomic E-state index is 0.235. The van der Waals surface area contributed by atoms with E-state index in [1.807, 2.05) is 34.9 Å². The minimum absolute atomic E-state index is 0.235. The van der Waals surface area contributed by atoms with Gasteiger partial charge in [-0.2, -0.15) is 0 Å². The van der Waals surface area contributed by atoms with Gasteiger partial charge < -0.3 is 5.73 Å². The average molecular weight is 327 g/mol. The number of nitrogens with zero attached hydrogens (tertiary/aromatic N) is 5. The van der Waals surface area contributed by atoms with E-state index in [1.165, 1.54) is 6.33 Å². The SMILES string of the molecule is N[C@H]1C[C@H](c2nnc(-c3ccncn3)n2-c2ccccc2Cl)C1. The number of hydrogen-bond acceptors (Lipinski definition) is 5. The largest absolute Gasteiger partial charge is 0.328 e. The second kappa shape index (κ2) is 5.72. The van der Waals surface area contributed by atoms with Gasteiger partial charge in [-0.05, 0) is 31.0 Å². The smallest absolute Gasteiger partial charge is 0.187 e. The van der Waals surface area contributed by atoms with Crippen molar-refractivity contribution in [3.8, 4) is 17.2 Å². The standard InChI is InChI=1S/C16H15ClN6/c17-12-3-1-2-4-14(12)23-15(10-7-11(18)8-10)21-22-16(23)13-5-6-19-9-20-13/h1-6,9-11H,7-8,18H2/t10-,11-. The fourth-order valence-corrected chi connectivity index (χ4v) is 3.11. The molecule has 0 bridgehead atoms. The Morgan fingerprint density at radius 1 is 1.13 bits per heavy atom. The van der Waals surface area contributed by atoms with Crippen molar-refractivity contribution in [2.75, 3.05) is 0 Å². The van der Waals surface area contributed by atoms with Gasteiger partial charge in [0.2, 0.25) is 0 Å². The quantitative estimate of drug-likeness (QED) is 0.800. The summed E-state index contributed by atoms with van der Waals surface area (Å²) in [6.45, 7) is 0. The zero-order valence-electron chi connectivity index (χ0n) is 12.3. The first kappa shape index (κ1) is 14.3. The summed E-state index contributed by atoms with van der Waals surface area (Å²) < 4.78 is 1.99. The molecule has 2 aromatic heterocycles. The highest BCUT2D eigenvalue weighted by Gasteiger charge is 2.33. The molecule has 2 N–H and O–H groups in total. The van der Waals surface area contributed by atoms with E-state index >= 15 is 0 Å². The number of benzene rings is 1. The molecular formula is C16H15ClN6. The molecular weight excluding hydrogens is 312 g/mol. The number of rotatable bonds is 3. The maximum atomic E-state index is 6.41. The van der Waals surface area contributed by atoms with Gasteiger partial charge in [0, 0.05) is 18.2 Å². The molecule has 1 saturated carbocycles. The molecule has 2 heterocycles. The average Bonchev–Trinajstić information content (AvgIpc) is 2.97. The Hall–Kier alpha value is -2.31. The summed E-state index contributed by atoms with van der Waals surface area (Å²) >= 11 is 6.41. The van der Waals surface area contributed by atoms with Crippen molar-refractivity contribution in [3.05, 3.63) is 53.7 Å². The normalized spacial score (nSPS) is 20.3. The Balaban J connectivity index is 1.89. The predicted octanol–water partition coefficient (Wildman–Crippen LogP) is 2.58. The van der Waals surface area contributed by atoms with Gasteiger partial charge in [-0.15, -0.1) is 10.2 Å². The number of hydrogen-bond donors (Lipinski definition) is 1. The van der Waals surface area contributed by atoms with E-state index in [2.05, 4.69) is 20.2 Å². The van der Waals surface area contributed by atoms with Gasteiger partial charge in [0.25, 0.3) is 0 Å². The molecule has 6 nitrogen and oxygen atoms in total. The monoisotopic (exact) mass is 326 g/mol. The first-order chi connectivity index (χ1) is 11.2. The molecule has 1 aromatic carbocycles. The predicted molar refractivity (Wildman–Crippen MR) is 87.3 cm³/mol. The molecule has 116 valence electrons. The Morgan fingerprint density at radius 2 is 1.96 bits per heavy atom. The molecule has 0 atom stereocenters. The summed E-state index contributed by atoms with van der Waals surface area (Å²) in [7, 11) is 0. The van der Waals surface area contributed by atoms with Crippen molar-refractivity contribution in [1.82, 2.24) is 24.7 Å². The van der Waals surface area contributed by atoms with E-state index in [9.17, 15) is 0 Å². The van der Waals surface area contributed by atoms with Gasteiger partial charge in [0.1, 0.15) is 17.8 Å². The number of aromatic nitrogens is 5. The third-order valence-corrected chi connectivity index (χ3v) is 4.45. The van der Waals surface area contributed by atoms with E-state index in [0.717, 1.165) is 24.4 Å². The van der Waals surface area contributed by atoms with Gasteiger partial charge in [0.15, 0.2) is 5.82 Å². The lowest BCUT2D eigenvalue weighted by molar-refractivity contribution is 0.335. The highest BCUT2D eigenvalue weighted by atomic mass is 35.5. The number of para-hydroxylation sites is 1. The van der Waals surface area contributed by atoms with Crippen LogP contribution in [0.2, 0.25) is 5.02 Å². The van der Waals surface area contributed by atoms with E-state index in [1.54, 1.807) is 6.20 Å². The van der Waals surface area contributed by atoms with Gasteiger partial charge in [-0.1, -0.05) is 23.7 Å². The first-order valence-corrected chi connectivity index (χ1v) is 7.84. The second-order valence-corrected chi connectivity index (χ2v) is 6.10. The van der Waals surface area contributed by atoms with Crippen LogP contribution in [0.4, 0.5) is 0 Å². The Morgan fingerprint density at radius 3 is 2.65 bits per heavy atom. The molecule has 1 aliphatic carbocycles. The van der Waals surface area contributed by atoms with Crippen molar-refractivity contribution in [1.29, 1.82) is 0 Å². The molecule has 0 aliphatic heterocycles. The van der Waals surface area contributed by atoms with Crippen LogP contribution in [-0.2, 0) is 0 Å². The van der Waals surface area contributed by atoms with Crippen LogP contribution in [0.25, 0.3) is 17.2 Å². The van der Waals surface area contributed by atoms with Crippen molar-refractivity contribution >= 4 is 11.6 Å². The number of nitrogens with two attached hydrogens (primary N) is 1. The first-order valence-electron chi connectivity index (χ1n) is 7.46. The molecule has 1 fully saturated rings. The molecule has 0 unspecified atom stereocenters. The van der Waals surface area contributed by atoms with Gasteiger partial charge in [-0.3, -0.25) is 4.57 Å². The minimum Gasteiger partial charge on any atom is -0.328 e. The van der Waals surface area contributed by atoms with Crippen molar-refractivity contribution in [2.24, 2.45) is 5.73 Å².